The van der Waals surface area contributed by atoms with Gasteiger partial charge in [-0.2, -0.15) is 0 Å². The van der Waals surface area contributed by atoms with Gasteiger partial charge < -0.3 is 10.6 Å². The van der Waals surface area contributed by atoms with Gasteiger partial charge >= 0.3 is 0 Å². The molecule has 1 aliphatic heterocycles. The Kier molecular flexibility index (Phi) is 3.44. The smallest absolute Gasteiger partial charge is 0.125 e. The Morgan fingerprint density at radius 1 is 1.50 bits per heavy atom. The van der Waals surface area contributed by atoms with Crippen molar-refractivity contribution in [3.63, 3.8) is 0 Å². The molecule has 0 amide bonds. The number of rotatable bonds is 4. The fourth-order valence-electron chi connectivity index (χ4n) is 2.53. The summed E-state index contributed by atoms with van der Waals surface area (Å²) in [6.07, 6.45) is 3.07. The van der Waals surface area contributed by atoms with Crippen molar-refractivity contribution < 1.29 is 4.39 Å². The normalized spacial score (nSPS) is 16.3. The molecule has 1 atom stereocenters. The van der Waals surface area contributed by atoms with Crippen molar-refractivity contribution in [2.45, 2.75) is 32.2 Å². The summed E-state index contributed by atoms with van der Waals surface area (Å²) in [5.41, 5.74) is 7.95. The first-order chi connectivity index (χ1) is 7.76. The molecule has 1 aromatic rings. The van der Waals surface area contributed by atoms with Gasteiger partial charge in [-0.1, -0.05) is 13.0 Å². The van der Waals surface area contributed by atoms with Crippen LogP contribution in [0.3, 0.4) is 0 Å². The molecule has 0 saturated heterocycles. The lowest BCUT2D eigenvalue weighted by Gasteiger charge is -2.29. The maximum atomic E-state index is 13.2. The lowest BCUT2D eigenvalue weighted by atomic mass is 10.1. The molecule has 16 heavy (non-hydrogen) atoms. The Morgan fingerprint density at radius 3 is 3.00 bits per heavy atom. The Labute approximate surface area is 96.2 Å². The molecule has 0 saturated carbocycles. The second-order valence-electron chi connectivity index (χ2n) is 4.36. The quantitative estimate of drug-likeness (QED) is 0.847. The lowest BCUT2D eigenvalue weighted by molar-refractivity contribution is 0.552. The number of anilines is 1. The van der Waals surface area contributed by atoms with Crippen LogP contribution < -0.4 is 10.6 Å². The highest BCUT2D eigenvalue weighted by atomic mass is 19.1. The van der Waals surface area contributed by atoms with Crippen LogP contribution >= 0.6 is 0 Å². The highest BCUT2D eigenvalue weighted by molar-refractivity contribution is 5.58. The number of hydrogen-bond acceptors (Lipinski definition) is 2. The molecular weight excluding hydrogens is 203 g/mol. The molecule has 0 radical (unpaired) electrons. The van der Waals surface area contributed by atoms with E-state index in [4.69, 9.17) is 5.73 Å². The number of benzene rings is 1. The molecule has 0 spiro atoms. The molecule has 1 aliphatic rings. The molecule has 2 nitrogen and oxygen atoms in total. The summed E-state index contributed by atoms with van der Waals surface area (Å²) in [4.78, 5) is 2.31. The van der Waals surface area contributed by atoms with Crippen molar-refractivity contribution >= 4 is 5.69 Å². The van der Waals surface area contributed by atoms with Gasteiger partial charge in [-0.25, -0.2) is 4.39 Å². The van der Waals surface area contributed by atoms with Gasteiger partial charge in [-0.3, -0.25) is 0 Å². The van der Waals surface area contributed by atoms with E-state index in [0.717, 1.165) is 31.5 Å². The molecule has 88 valence electrons. The minimum absolute atomic E-state index is 0.145. The summed E-state index contributed by atoms with van der Waals surface area (Å²) < 4.78 is 13.2. The fraction of sp³-hybridized carbons (Fsp3) is 0.538. The van der Waals surface area contributed by atoms with E-state index in [9.17, 15) is 4.39 Å². The van der Waals surface area contributed by atoms with Gasteiger partial charge in [0.25, 0.3) is 0 Å². The standard InChI is InChI=1S/C13H19FN2/c1-2-12(5-7-15)16-8-6-10-3-4-11(14)9-13(10)16/h3-4,9,12H,2,5-8,15H2,1H3. The zero-order valence-corrected chi connectivity index (χ0v) is 9.75. The van der Waals surface area contributed by atoms with E-state index in [2.05, 4.69) is 11.8 Å². The number of nitrogens with two attached hydrogens (primary N) is 1. The zero-order chi connectivity index (χ0) is 11.5. The van der Waals surface area contributed by atoms with Crippen molar-refractivity contribution in [1.29, 1.82) is 0 Å². The minimum Gasteiger partial charge on any atom is -0.368 e. The van der Waals surface area contributed by atoms with Gasteiger partial charge in [0, 0.05) is 18.3 Å². The third-order valence-electron chi connectivity index (χ3n) is 3.39. The molecule has 2 N–H and O–H groups in total. The first-order valence-corrected chi connectivity index (χ1v) is 6.01. The van der Waals surface area contributed by atoms with Gasteiger partial charge in [0.15, 0.2) is 0 Å². The largest absolute Gasteiger partial charge is 0.368 e. The molecular formula is C13H19FN2. The average Bonchev–Trinajstić information content (AvgIpc) is 2.69. The minimum atomic E-state index is -0.145. The van der Waals surface area contributed by atoms with E-state index in [-0.39, 0.29) is 5.82 Å². The van der Waals surface area contributed by atoms with Gasteiger partial charge in [-0.15, -0.1) is 0 Å². The van der Waals surface area contributed by atoms with E-state index in [0.29, 0.717) is 12.6 Å². The van der Waals surface area contributed by atoms with E-state index in [1.807, 2.05) is 6.07 Å². The predicted molar refractivity (Wildman–Crippen MR) is 65.2 cm³/mol. The SMILES string of the molecule is CCC(CCN)N1CCc2ccc(F)cc21. The summed E-state index contributed by atoms with van der Waals surface area (Å²) >= 11 is 0. The number of nitrogens with zero attached hydrogens (tertiary/aromatic N) is 1. The zero-order valence-electron chi connectivity index (χ0n) is 9.75. The summed E-state index contributed by atoms with van der Waals surface area (Å²) in [6.45, 7) is 3.86. The third kappa shape index (κ3) is 2.05. The average molecular weight is 222 g/mol. The number of halogens is 1. The molecule has 1 heterocycles. The van der Waals surface area contributed by atoms with E-state index in [1.165, 1.54) is 5.56 Å². The Balaban J connectivity index is 2.24. The van der Waals surface area contributed by atoms with Gasteiger partial charge in [0.05, 0.1) is 0 Å². The van der Waals surface area contributed by atoms with E-state index >= 15 is 0 Å². The summed E-state index contributed by atoms with van der Waals surface area (Å²) in [5.74, 6) is -0.145. The van der Waals surface area contributed by atoms with Crippen molar-refractivity contribution in [2.24, 2.45) is 5.73 Å². The van der Waals surface area contributed by atoms with Gasteiger partial charge in [0.2, 0.25) is 0 Å². The molecule has 0 fully saturated rings. The summed E-state index contributed by atoms with van der Waals surface area (Å²) in [5, 5.41) is 0. The van der Waals surface area contributed by atoms with Crippen LogP contribution in [0.25, 0.3) is 0 Å². The maximum absolute atomic E-state index is 13.2. The predicted octanol–water partition coefficient (Wildman–Crippen LogP) is 2.32. The molecule has 0 bridgehead atoms. The van der Waals surface area contributed by atoms with Crippen LogP contribution in [0.5, 0.6) is 0 Å². The highest BCUT2D eigenvalue weighted by Gasteiger charge is 2.24. The lowest BCUT2D eigenvalue weighted by Crippen LogP contribution is -2.35. The van der Waals surface area contributed by atoms with Crippen molar-refractivity contribution in [1.82, 2.24) is 0 Å². The monoisotopic (exact) mass is 222 g/mol. The van der Waals surface area contributed by atoms with Crippen LogP contribution in [0, 0.1) is 5.82 Å². The Bertz CT molecular complexity index is 365. The highest BCUT2D eigenvalue weighted by Crippen LogP contribution is 2.31. The Hall–Kier alpha value is -1.09. The van der Waals surface area contributed by atoms with Gasteiger partial charge in [0.1, 0.15) is 5.82 Å². The second-order valence-corrected chi connectivity index (χ2v) is 4.36. The molecule has 1 unspecified atom stereocenters. The number of hydrogen-bond donors (Lipinski definition) is 1. The van der Waals surface area contributed by atoms with Crippen LogP contribution in [-0.4, -0.2) is 19.1 Å². The summed E-state index contributed by atoms with van der Waals surface area (Å²) in [6, 6.07) is 5.56. The van der Waals surface area contributed by atoms with Crippen molar-refractivity contribution in [2.75, 3.05) is 18.0 Å². The molecule has 0 aliphatic carbocycles. The maximum Gasteiger partial charge on any atom is 0.125 e. The van der Waals surface area contributed by atoms with Crippen LogP contribution in [-0.2, 0) is 6.42 Å². The Morgan fingerprint density at radius 2 is 2.31 bits per heavy atom. The van der Waals surface area contributed by atoms with Crippen molar-refractivity contribution in [3.8, 4) is 0 Å². The first kappa shape index (κ1) is 11.4. The van der Waals surface area contributed by atoms with Crippen LogP contribution in [0.15, 0.2) is 18.2 Å². The van der Waals surface area contributed by atoms with Crippen LogP contribution in [0.4, 0.5) is 10.1 Å². The second kappa shape index (κ2) is 4.83. The third-order valence-corrected chi connectivity index (χ3v) is 3.39. The van der Waals surface area contributed by atoms with E-state index < -0.39 is 0 Å². The van der Waals surface area contributed by atoms with Gasteiger partial charge in [-0.05, 0) is 43.5 Å². The van der Waals surface area contributed by atoms with Crippen LogP contribution in [0.1, 0.15) is 25.3 Å². The van der Waals surface area contributed by atoms with Crippen LogP contribution in [0.2, 0.25) is 0 Å². The molecule has 0 aromatic heterocycles. The van der Waals surface area contributed by atoms with E-state index in [1.54, 1.807) is 12.1 Å². The molecule has 3 heteroatoms. The summed E-state index contributed by atoms with van der Waals surface area (Å²) in [7, 11) is 0. The fourth-order valence-corrected chi connectivity index (χ4v) is 2.53. The topological polar surface area (TPSA) is 29.3 Å². The van der Waals surface area contributed by atoms with Crippen molar-refractivity contribution in [3.05, 3.63) is 29.6 Å². The first-order valence-electron chi connectivity index (χ1n) is 6.01. The molecule has 1 aromatic carbocycles. The molecule has 2 rings (SSSR count). The number of fused-ring (bicyclic) bond motifs is 1.